The van der Waals surface area contributed by atoms with E-state index in [2.05, 4.69) is 18.0 Å². The first-order valence-electron chi connectivity index (χ1n) is 5.78. The third-order valence-electron chi connectivity index (χ3n) is 1.77. The van der Waals surface area contributed by atoms with Gasteiger partial charge >= 0.3 is 5.97 Å². The van der Waals surface area contributed by atoms with Gasteiger partial charge in [0.25, 0.3) is 0 Å². The predicted octanol–water partition coefficient (Wildman–Crippen LogP) is -0.0677. The van der Waals surface area contributed by atoms with E-state index >= 15 is 0 Å². The van der Waals surface area contributed by atoms with Gasteiger partial charge in [-0.05, 0) is 6.42 Å². The number of carbonyl (C=O) groups is 3. The second kappa shape index (κ2) is 13.6. The number of unbranched alkanes of at least 4 members (excludes halogenated alkanes) is 2. The molecule has 3 N–H and O–H groups in total. The van der Waals surface area contributed by atoms with Gasteiger partial charge in [-0.3, -0.25) is 14.9 Å². The van der Waals surface area contributed by atoms with Crippen molar-refractivity contribution in [3.05, 3.63) is 0 Å². The van der Waals surface area contributed by atoms with Crippen LogP contribution in [0.2, 0.25) is 0 Å². The van der Waals surface area contributed by atoms with E-state index in [1.807, 2.05) is 0 Å². The average molecular weight is 260 g/mol. The van der Waals surface area contributed by atoms with E-state index in [-0.39, 0.29) is 25.0 Å². The maximum absolute atomic E-state index is 10.1. The molecular formula is C11H20N2O5. The minimum atomic E-state index is -1.22. The van der Waals surface area contributed by atoms with E-state index in [1.54, 1.807) is 0 Å². The number of amides is 2. The van der Waals surface area contributed by atoms with Gasteiger partial charge in [0, 0.05) is 12.8 Å². The van der Waals surface area contributed by atoms with Crippen LogP contribution in [-0.2, 0) is 24.6 Å². The summed E-state index contributed by atoms with van der Waals surface area (Å²) in [6, 6.07) is 0. The van der Waals surface area contributed by atoms with Crippen LogP contribution in [0.5, 0.6) is 0 Å². The second-order valence-electron chi connectivity index (χ2n) is 3.46. The Bertz CT molecular complexity index is 238. The largest absolute Gasteiger partial charge is 0.368 e. The first-order chi connectivity index (χ1) is 8.47. The van der Waals surface area contributed by atoms with Gasteiger partial charge in [0.2, 0.25) is 11.8 Å². The van der Waals surface area contributed by atoms with Crippen LogP contribution in [0.3, 0.4) is 0 Å². The Kier molecular flexibility index (Phi) is 14.3. The van der Waals surface area contributed by atoms with Crippen molar-refractivity contribution in [2.45, 2.75) is 39.0 Å². The number of nitrogens with one attached hydrogen (secondary N) is 1. The van der Waals surface area contributed by atoms with Crippen LogP contribution >= 0.6 is 0 Å². The molecule has 0 atom stereocenters. The first-order valence-corrected chi connectivity index (χ1v) is 5.78. The lowest BCUT2D eigenvalue weighted by atomic mass is 10.3. The Morgan fingerprint density at radius 3 is 1.78 bits per heavy atom. The molecule has 0 bridgehead atoms. The van der Waals surface area contributed by atoms with Crippen LogP contribution in [0.4, 0.5) is 0 Å². The highest BCUT2D eigenvalue weighted by molar-refractivity contribution is 6.01. The summed E-state index contributed by atoms with van der Waals surface area (Å²) in [6.45, 7) is 1.81. The molecule has 0 aromatic heterocycles. The van der Waals surface area contributed by atoms with E-state index < -0.39 is 5.97 Å². The highest BCUT2D eigenvalue weighted by Gasteiger charge is 2.15. The minimum Gasteiger partial charge on any atom is -0.321 e. The van der Waals surface area contributed by atoms with Crippen LogP contribution in [0.25, 0.3) is 0 Å². The molecular weight excluding hydrogens is 240 g/mol. The standard InChI is InChI=1S/C5H11O.C4H5NO2.C2H4NO2/c1-2-3-4-5-6;6-3-1-2-4(7)5-3;3-1-2(4)5/h2-5H2,1H3;1-2H2,(H,5,6,7);1,3H2. The highest BCUT2D eigenvalue weighted by atomic mass is 16.4. The summed E-state index contributed by atoms with van der Waals surface area (Å²) in [5.41, 5.74) is 4.51. The van der Waals surface area contributed by atoms with Crippen molar-refractivity contribution in [2.75, 3.05) is 13.2 Å². The molecule has 1 heterocycles. The third-order valence-corrected chi connectivity index (χ3v) is 1.77. The molecule has 7 heteroatoms. The van der Waals surface area contributed by atoms with Gasteiger partial charge in [0.15, 0.2) is 0 Å². The molecule has 0 unspecified atom stereocenters. The predicted molar refractivity (Wildman–Crippen MR) is 62.2 cm³/mol. The second-order valence-corrected chi connectivity index (χ2v) is 3.46. The van der Waals surface area contributed by atoms with Gasteiger partial charge in [0.1, 0.15) is 0 Å². The Morgan fingerprint density at radius 2 is 1.67 bits per heavy atom. The lowest BCUT2D eigenvalue weighted by molar-refractivity contribution is -0.141. The Balaban J connectivity index is 0. The number of nitrogens with two attached hydrogens (primary N) is 1. The van der Waals surface area contributed by atoms with Gasteiger partial charge in [0.05, 0.1) is 13.2 Å². The summed E-state index contributed by atoms with van der Waals surface area (Å²) in [5.74, 6) is -1.51. The lowest BCUT2D eigenvalue weighted by Crippen LogP contribution is -2.18. The van der Waals surface area contributed by atoms with Gasteiger partial charge in [-0.25, -0.2) is 15.0 Å². The topological polar surface area (TPSA) is 129 Å². The number of imide groups is 1. The summed E-state index contributed by atoms with van der Waals surface area (Å²) in [5, 5.41) is 21.0. The summed E-state index contributed by atoms with van der Waals surface area (Å²) < 4.78 is 0. The minimum absolute atomic E-state index is 0.105. The number of hydrogen-bond donors (Lipinski definition) is 2. The maximum Gasteiger partial charge on any atom is 0.368 e. The molecule has 1 fully saturated rings. The molecule has 0 aromatic carbocycles. The van der Waals surface area contributed by atoms with Gasteiger partial charge in [-0.2, -0.15) is 0 Å². The smallest absolute Gasteiger partial charge is 0.321 e. The monoisotopic (exact) mass is 260 g/mol. The van der Waals surface area contributed by atoms with Crippen LogP contribution in [0, 0.1) is 0 Å². The molecule has 1 rings (SSSR count). The van der Waals surface area contributed by atoms with Crippen LogP contribution in [-0.4, -0.2) is 30.9 Å². The Hall–Kier alpha value is -1.47. The lowest BCUT2D eigenvalue weighted by Gasteiger charge is -1.84. The average Bonchev–Trinajstić information content (AvgIpc) is 2.72. The molecule has 0 aliphatic carbocycles. The zero-order valence-electron chi connectivity index (χ0n) is 10.6. The molecule has 1 aliphatic rings. The molecule has 7 nitrogen and oxygen atoms in total. The molecule has 0 spiro atoms. The van der Waals surface area contributed by atoms with Crippen molar-refractivity contribution >= 4 is 17.8 Å². The number of rotatable bonds is 4. The molecule has 0 saturated carbocycles. The maximum atomic E-state index is 10.1. The van der Waals surface area contributed by atoms with Gasteiger partial charge in [-0.15, -0.1) is 0 Å². The highest BCUT2D eigenvalue weighted by Crippen LogP contribution is 1.95. The molecule has 18 heavy (non-hydrogen) atoms. The van der Waals surface area contributed by atoms with Crippen molar-refractivity contribution in [1.29, 1.82) is 0 Å². The number of carbonyl (C=O) groups excluding carboxylic acids is 3. The van der Waals surface area contributed by atoms with Crippen molar-refractivity contribution < 1.29 is 24.6 Å². The molecule has 0 aromatic rings. The van der Waals surface area contributed by atoms with Crippen molar-refractivity contribution in [3.8, 4) is 0 Å². The van der Waals surface area contributed by atoms with E-state index in [0.717, 1.165) is 19.3 Å². The normalized spacial score (nSPS) is 12.8. The summed E-state index contributed by atoms with van der Waals surface area (Å²) >= 11 is 0. The van der Waals surface area contributed by atoms with E-state index in [4.69, 9.17) is 9.90 Å². The van der Waals surface area contributed by atoms with Gasteiger partial charge < -0.3 is 5.73 Å². The fraction of sp³-hybridized carbons (Fsp3) is 0.727. The van der Waals surface area contributed by atoms with Crippen molar-refractivity contribution in [2.24, 2.45) is 5.73 Å². The molecule has 104 valence electrons. The summed E-state index contributed by atoms with van der Waals surface area (Å²) in [4.78, 5) is 29.4. The molecule has 1 saturated heterocycles. The fourth-order valence-electron chi connectivity index (χ4n) is 0.860. The van der Waals surface area contributed by atoms with Crippen LogP contribution in [0.1, 0.15) is 39.0 Å². The first kappa shape index (κ1) is 18.9. The van der Waals surface area contributed by atoms with Crippen LogP contribution < -0.4 is 11.1 Å². The summed E-state index contributed by atoms with van der Waals surface area (Å²) in [7, 11) is 0. The summed E-state index contributed by atoms with van der Waals surface area (Å²) in [6.07, 6.45) is 3.86. The quantitative estimate of drug-likeness (QED) is 0.541. The third kappa shape index (κ3) is 16.9. The van der Waals surface area contributed by atoms with E-state index in [1.165, 1.54) is 0 Å². The molecule has 2 radical (unpaired) electrons. The molecule has 1 aliphatic heterocycles. The van der Waals surface area contributed by atoms with E-state index in [9.17, 15) is 14.7 Å². The Labute approximate surface area is 106 Å². The van der Waals surface area contributed by atoms with Crippen molar-refractivity contribution in [3.63, 3.8) is 0 Å². The zero-order valence-corrected chi connectivity index (χ0v) is 10.6. The van der Waals surface area contributed by atoms with Crippen molar-refractivity contribution in [1.82, 2.24) is 5.32 Å². The van der Waals surface area contributed by atoms with E-state index in [0.29, 0.717) is 12.8 Å². The fourth-order valence-corrected chi connectivity index (χ4v) is 0.860. The SMILES string of the molecule is CCCCC[O].NCC([O])=O.O=C1CCC(=O)N1. The number of hydrogen-bond acceptors (Lipinski definition) is 4. The Morgan fingerprint density at radius 1 is 1.22 bits per heavy atom. The van der Waals surface area contributed by atoms with Crippen LogP contribution in [0.15, 0.2) is 0 Å². The zero-order chi connectivity index (χ0) is 14.4. The van der Waals surface area contributed by atoms with Gasteiger partial charge in [-0.1, -0.05) is 19.8 Å². The molecule has 2 amide bonds.